The number of rotatable bonds is 7. The van der Waals surface area contributed by atoms with E-state index in [4.69, 9.17) is 16.3 Å². The summed E-state index contributed by atoms with van der Waals surface area (Å²) in [6.07, 6.45) is 0.952. The van der Waals surface area contributed by atoms with Crippen LogP contribution in [0.2, 0.25) is 5.02 Å². The van der Waals surface area contributed by atoms with Crippen molar-refractivity contribution in [2.75, 3.05) is 29.0 Å². The number of anilines is 2. The maximum atomic E-state index is 13.3. The number of benzene rings is 2. The molecule has 6 nitrogen and oxygen atoms in total. The molecule has 140 valence electrons. The summed E-state index contributed by atoms with van der Waals surface area (Å²) in [5, 5.41) is 2.37. The first kappa shape index (κ1) is 20.0. The van der Waals surface area contributed by atoms with Gasteiger partial charge < -0.3 is 10.1 Å². The largest absolute Gasteiger partial charge is 0.494 e. The molecule has 2 aromatic rings. The second kappa shape index (κ2) is 8.37. The summed E-state index contributed by atoms with van der Waals surface area (Å²) in [6, 6.07) is 10.2. The minimum atomic E-state index is -3.78. The van der Waals surface area contributed by atoms with Crippen molar-refractivity contribution in [3.8, 4) is 5.75 Å². The molecule has 0 radical (unpaired) electrons. The van der Waals surface area contributed by atoms with Crippen molar-refractivity contribution < 1.29 is 22.3 Å². The second-order valence-electron chi connectivity index (χ2n) is 5.38. The molecule has 2 aromatic carbocycles. The Labute approximate surface area is 156 Å². The third-order valence-corrected chi connectivity index (χ3v) is 4.74. The number of nitrogens with zero attached hydrogens (tertiary/aromatic N) is 1. The lowest BCUT2D eigenvalue weighted by molar-refractivity contribution is -0.114. The quantitative estimate of drug-likeness (QED) is 0.773. The molecule has 1 amide bonds. The van der Waals surface area contributed by atoms with Crippen molar-refractivity contribution in [3.63, 3.8) is 0 Å². The van der Waals surface area contributed by atoms with Crippen LogP contribution in [-0.4, -0.2) is 33.7 Å². The van der Waals surface area contributed by atoms with Crippen LogP contribution < -0.4 is 14.4 Å². The van der Waals surface area contributed by atoms with Crippen LogP contribution in [0.25, 0.3) is 0 Å². The molecule has 0 aliphatic carbocycles. The van der Waals surface area contributed by atoms with Crippen LogP contribution in [0.15, 0.2) is 42.5 Å². The Morgan fingerprint density at radius 1 is 1.27 bits per heavy atom. The van der Waals surface area contributed by atoms with Crippen molar-refractivity contribution in [3.05, 3.63) is 53.3 Å². The standard InChI is InChI=1S/C17H18ClFN2O4S/c1-3-25-14-6-4-5-12(9-14)20-17(22)11-21(26(2,23)24)13-7-8-16(19)15(18)10-13/h4-10H,3,11H2,1-2H3,(H,20,22). The van der Waals surface area contributed by atoms with Gasteiger partial charge in [-0.15, -0.1) is 0 Å². The van der Waals surface area contributed by atoms with Crippen molar-refractivity contribution in [2.24, 2.45) is 0 Å². The summed E-state index contributed by atoms with van der Waals surface area (Å²) < 4.78 is 43.6. The van der Waals surface area contributed by atoms with E-state index < -0.39 is 28.3 Å². The van der Waals surface area contributed by atoms with E-state index in [2.05, 4.69) is 5.32 Å². The zero-order valence-corrected chi connectivity index (χ0v) is 15.8. The van der Waals surface area contributed by atoms with Crippen LogP contribution in [0.5, 0.6) is 5.75 Å². The predicted molar refractivity (Wildman–Crippen MR) is 99.8 cm³/mol. The Balaban J connectivity index is 2.19. The van der Waals surface area contributed by atoms with Crippen LogP contribution in [0, 0.1) is 5.82 Å². The number of hydrogen-bond acceptors (Lipinski definition) is 4. The monoisotopic (exact) mass is 400 g/mol. The predicted octanol–water partition coefficient (Wildman–Crippen LogP) is 3.28. The minimum Gasteiger partial charge on any atom is -0.494 e. The molecule has 0 saturated heterocycles. The highest BCUT2D eigenvalue weighted by Crippen LogP contribution is 2.24. The fraction of sp³-hybridized carbons (Fsp3) is 0.235. The first-order valence-corrected chi connectivity index (χ1v) is 9.89. The average molecular weight is 401 g/mol. The Kier molecular flexibility index (Phi) is 6.44. The summed E-state index contributed by atoms with van der Waals surface area (Å²) in [7, 11) is -3.78. The smallest absolute Gasteiger partial charge is 0.245 e. The van der Waals surface area contributed by atoms with Gasteiger partial charge in [0.05, 0.1) is 23.6 Å². The minimum absolute atomic E-state index is 0.0946. The number of carbonyl (C=O) groups is 1. The van der Waals surface area contributed by atoms with Gasteiger partial charge in [-0.3, -0.25) is 9.10 Å². The van der Waals surface area contributed by atoms with Gasteiger partial charge in [-0.25, -0.2) is 12.8 Å². The molecule has 0 spiro atoms. The van der Waals surface area contributed by atoms with Crippen LogP contribution in [0.1, 0.15) is 6.92 Å². The molecule has 9 heteroatoms. The Morgan fingerprint density at radius 3 is 2.62 bits per heavy atom. The molecule has 2 rings (SSSR count). The molecule has 0 aromatic heterocycles. The third kappa shape index (κ3) is 5.34. The summed E-state index contributed by atoms with van der Waals surface area (Å²) in [6.45, 7) is 1.83. The van der Waals surface area contributed by atoms with Gasteiger partial charge in [-0.05, 0) is 37.3 Å². The van der Waals surface area contributed by atoms with E-state index in [0.717, 1.165) is 22.7 Å². The van der Waals surface area contributed by atoms with Gasteiger partial charge in [-0.2, -0.15) is 0 Å². The van der Waals surface area contributed by atoms with E-state index in [9.17, 15) is 17.6 Å². The zero-order chi connectivity index (χ0) is 19.3. The van der Waals surface area contributed by atoms with Crippen LogP contribution in [0.3, 0.4) is 0 Å². The van der Waals surface area contributed by atoms with Gasteiger partial charge >= 0.3 is 0 Å². The van der Waals surface area contributed by atoms with Crippen LogP contribution in [0.4, 0.5) is 15.8 Å². The highest BCUT2D eigenvalue weighted by atomic mass is 35.5. The molecule has 1 N–H and O–H groups in total. The van der Waals surface area contributed by atoms with Crippen LogP contribution in [-0.2, 0) is 14.8 Å². The van der Waals surface area contributed by atoms with Crippen molar-refractivity contribution in [2.45, 2.75) is 6.92 Å². The van der Waals surface area contributed by atoms with Gasteiger partial charge in [0.1, 0.15) is 18.1 Å². The maximum Gasteiger partial charge on any atom is 0.245 e. The number of halogens is 2. The number of amides is 1. The Bertz CT molecular complexity index is 905. The normalized spacial score (nSPS) is 11.1. The fourth-order valence-electron chi connectivity index (χ4n) is 2.20. The molecule has 0 fully saturated rings. The molecule has 0 saturated carbocycles. The highest BCUT2D eigenvalue weighted by Gasteiger charge is 2.22. The summed E-state index contributed by atoms with van der Waals surface area (Å²) in [5.74, 6) is -0.666. The molecule has 0 bridgehead atoms. The summed E-state index contributed by atoms with van der Waals surface area (Å²) in [5.41, 5.74) is 0.559. The molecule has 0 aliphatic rings. The second-order valence-corrected chi connectivity index (χ2v) is 7.69. The SMILES string of the molecule is CCOc1cccc(NC(=O)CN(c2ccc(F)c(Cl)c2)S(C)(=O)=O)c1. The molecule has 0 atom stereocenters. The van der Waals surface area contributed by atoms with Crippen molar-refractivity contribution in [1.82, 2.24) is 0 Å². The van der Waals surface area contributed by atoms with Gasteiger partial charge in [0.25, 0.3) is 0 Å². The first-order chi connectivity index (χ1) is 12.2. The topological polar surface area (TPSA) is 75.7 Å². The van der Waals surface area contributed by atoms with Crippen molar-refractivity contribution >= 4 is 38.9 Å². The van der Waals surface area contributed by atoms with E-state index >= 15 is 0 Å². The third-order valence-electron chi connectivity index (χ3n) is 3.31. The van der Waals surface area contributed by atoms with E-state index in [1.807, 2.05) is 6.92 Å². The van der Waals surface area contributed by atoms with E-state index in [1.165, 1.54) is 6.07 Å². The first-order valence-electron chi connectivity index (χ1n) is 7.66. The van der Waals surface area contributed by atoms with Gasteiger partial charge in [-0.1, -0.05) is 17.7 Å². The average Bonchev–Trinajstić information content (AvgIpc) is 2.55. The lowest BCUT2D eigenvalue weighted by Gasteiger charge is -2.22. The van der Waals surface area contributed by atoms with Gasteiger partial charge in [0.2, 0.25) is 15.9 Å². The molecule has 0 unspecified atom stereocenters. The van der Waals surface area contributed by atoms with Gasteiger partial charge in [0, 0.05) is 11.8 Å². The van der Waals surface area contributed by atoms with Crippen LogP contribution >= 0.6 is 11.6 Å². The fourth-order valence-corrected chi connectivity index (χ4v) is 3.22. The Hall–Kier alpha value is -2.32. The molecule has 0 aliphatic heterocycles. The number of carbonyl (C=O) groups excluding carboxylic acids is 1. The lowest BCUT2D eigenvalue weighted by atomic mass is 10.3. The maximum absolute atomic E-state index is 13.3. The molecular formula is C17H18ClFN2O4S. The number of ether oxygens (including phenoxy) is 1. The number of nitrogens with one attached hydrogen (secondary N) is 1. The van der Waals surface area contributed by atoms with Crippen molar-refractivity contribution in [1.29, 1.82) is 0 Å². The Morgan fingerprint density at radius 2 is 2.00 bits per heavy atom. The number of sulfonamides is 1. The summed E-state index contributed by atoms with van der Waals surface area (Å²) >= 11 is 5.71. The number of hydrogen-bond donors (Lipinski definition) is 1. The highest BCUT2D eigenvalue weighted by molar-refractivity contribution is 7.92. The molecule has 26 heavy (non-hydrogen) atoms. The lowest BCUT2D eigenvalue weighted by Crippen LogP contribution is -2.37. The van der Waals surface area contributed by atoms with Gasteiger partial charge in [0.15, 0.2) is 0 Å². The molecular weight excluding hydrogens is 383 g/mol. The van der Waals surface area contributed by atoms with E-state index in [0.29, 0.717) is 18.0 Å². The zero-order valence-electron chi connectivity index (χ0n) is 14.2. The van der Waals surface area contributed by atoms with E-state index in [-0.39, 0.29) is 10.7 Å². The summed E-state index contributed by atoms with van der Waals surface area (Å²) in [4.78, 5) is 12.3. The molecule has 0 heterocycles. The van der Waals surface area contributed by atoms with E-state index in [1.54, 1.807) is 24.3 Å².